The highest BCUT2D eigenvalue weighted by Crippen LogP contribution is 2.29. The van der Waals surface area contributed by atoms with Crippen molar-refractivity contribution in [1.29, 1.82) is 0 Å². The molecule has 0 atom stereocenters. The van der Waals surface area contributed by atoms with Crippen LogP contribution in [0, 0.1) is 12.7 Å². The minimum Gasteiger partial charge on any atom is -0.399 e. The van der Waals surface area contributed by atoms with Crippen LogP contribution in [0.4, 0.5) is 15.8 Å². The van der Waals surface area contributed by atoms with E-state index < -0.39 is 15.8 Å². The van der Waals surface area contributed by atoms with Crippen LogP contribution in [0.1, 0.15) is 5.56 Å². The van der Waals surface area contributed by atoms with Crippen LogP contribution in [0.3, 0.4) is 0 Å². The molecule has 0 aliphatic rings. The smallest absolute Gasteiger partial charge is 0.262 e. The number of anilines is 2. The van der Waals surface area contributed by atoms with E-state index in [-0.39, 0.29) is 26.9 Å². The van der Waals surface area contributed by atoms with Crippen molar-refractivity contribution in [2.75, 3.05) is 10.5 Å². The Morgan fingerprint density at radius 1 is 1.19 bits per heavy atom. The third kappa shape index (κ3) is 3.40. The van der Waals surface area contributed by atoms with Crippen molar-refractivity contribution >= 4 is 44.6 Å². The summed E-state index contributed by atoms with van der Waals surface area (Å²) in [5.74, 6) is -0.701. The molecule has 0 aliphatic heterocycles. The van der Waals surface area contributed by atoms with Crippen LogP contribution in [0.5, 0.6) is 0 Å². The third-order valence-electron chi connectivity index (χ3n) is 2.78. The van der Waals surface area contributed by atoms with Gasteiger partial charge in [0.25, 0.3) is 10.0 Å². The molecule has 0 saturated carbocycles. The van der Waals surface area contributed by atoms with Crippen LogP contribution < -0.4 is 10.5 Å². The van der Waals surface area contributed by atoms with Gasteiger partial charge in [-0.2, -0.15) is 0 Å². The fourth-order valence-electron chi connectivity index (χ4n) is 1.73. The number of halogens is 3. The summed E-state index contributed by atoms with van der Waals surface area (Å²) in [6.45, 7) is 1.35. The predicted octanol–water partition coefficient (Wildman–Crippen LogP) is 3.82. The summed E-state index contributed by atoms with van der Waals surface area (Å²) in [6.07, 6.45) is 0. The molecular weight excluding hydrogens is 338 g/mol. The number of nitrogens with two attached hydrogens (primary N) is 1. The molecule has 2 aromatic carbocycles. The van der Waals surface area contributed by atoms with E-state index >= 15 is 0 Å². The lowest BCUT2D eigenvalue weighted by molar-refractivity contribution is 0.591. The summed E-state index contributed by atoms with van der Waals surface area (Å²) < 4.78 is 40.6. The number of hydrogen-bond acceptors (Lipinski definition) is 3. The predicted molar refractivity (Wildman–Crippen MR) is 82.8 cm³/mol. The molecule has 0 amide bonds. The van der Waals surface area contributed by atoms with Gasteiger partial charge in [-0.1, -0.05) is 23.2 Å². The highest BCUT2D eigenvalue weighted by Gasteiger charge is 2.21. The summed E-state index contributed by atoms with van der Waals surface area (Å²) >= 11 is 11.7. The van der Waals surface area contributed by atoms with Gasteiger partial charge in [0, 0.05) is 16.3 Å². The van der Waals surface area contributed by atoms with Gasteiger partial charge in [0.05, 0.1) is 15.6 Å². The van der Waals surface area contributed by atoms with Gasteiger partial charge < -0.3 is 5.73 Å². The monoisotopic (exact) mass is 348 g/mol. The lowest BCUT2D eigenvalue weighted by Crippen LogP contribution is -2.15. The molecule has 0 aliphatic carbocycles. The molecule has 4 nitrogen and oxygen atoms in total. The lowest BCUT2D eigenvalue weighted by Gasteiger charge is -2.13. The molecular formula is C13H11Cl2FN2O2S. The molecule has 2 aromatic rings. The van der Waals surface area contributed by atoms with Crippen molar-refractivity contribution in [3.8, 4) is 0 Å². The van der Waals surface area contributed by atoms with E-state index in [0.29, 0.717) is 5.02 Å². The van der Waals surface area contributed by atoms with E-state index in [1.54, 1.807) is 0 Å². The molecule has 112 valence electrons. The highest BCUT2D eigenvalue weighted by atomic mass is 35.5. The van der Waals surface area contributed by atoms with Crippen molar-refractivity contribution in [3.05, 3.63) is 51.8 Å². The fourth-order valence-corrected chi connectivity index (χ4v) is 3.48. The maximum absolute atomic E-state index is 13.6. The minimum absolute atomic E-state index is 0.00988. The molecule has 3 N–H and O–H groups in total. The van der Waals surface area contributed by atoms with E-state index in [1.807, 2.05) is 0 Å². The van der Waals surface area contributed by atoms with Gasteiger partial charge >= 0.3 is 0 Å². The second kappa shape index (κ2) is 5.71. The number of benzene rings is 2. The summed E-state index contributed by atoms with van der Waals surface area (Å²) in [5.41, 5.74) is 5.57. The highest BCUT2D eigenvalue weighted by molar-refractivity contribution is 7.92. The van der Waals surface area contributed by atoms with Crippen LogP contribution in [0.25, 0.3) is 0 Å². The summed E-state index contributed by atoms with van der Waals surface area (Å²) in [4.78, 5) is -0.254. The van der Waals surface area contributed by atoms with Crippen LogP contribution >= 0.6 is 23.2 Å². The van der Waals surface area contributed by atoms with E-state index in [2.05, 4.69) is 4.72 Å². The Balaban J connectivity index is 2.51. The second-order valence-corrected chi connectivity index (χ2v) is 6.85. The first-order valence-corrected chi connectivity index (χ1v) is 7.98. The van der Waals surface area contributed by atoms with Gasteiger partial charge in [-0.3, -0.25) is 4.72 Å². The Bertz CT molecular complexity index is 810. The van der Waals surface area contributed by atoms with Gasteiger partial charge in [0.2, 0.25) is 0 Å². The van der Waals surface area contributed by atoms with E-state index in [9.17, 15) is 12.8 Å². The lowest BCUT2D eigenvalue weighted by atomic mass is 10.2. The molecule has 0 saturated heterocycles. The zero-order valence-corrected chi connectivity index (χ0v) is 13.2. The number of hydrogen-bond donors (Lipinski definition) is 2. The van der Waals surface area contributed by atoms with Gasteiger partial charge in [-0.15, -0.1) is 0 Å². The molecule has 0 spiro atoms. The first kappa shape index (κ1) is 15.9. The molecule has 0 heterocycles. The zero-order chi connectivity index (χ0) is 15.8. The van der Waals surface area contributed by atoms with Crippen LogP contribution in [0.2, 0.25) is 10.0 Å². The van der Waals surface area contributed by atoms with E-state index in [0.717, 1.165) is 6.07 Å². The zero-order valence-electron chi connectivity index (χ0n) is 10.8. The molecule has 0 bridgehead atoms. The van der Waals surface area contributed by atoms with Crippen molar-refractivity contribution in [2.45, 2.75) is 11.8 Å². The molecule has 0 radical (unpaired) electrons. The first-order chi connectivity index (χ1) is 9.70. The molecule has 0 fully saturated rings. The Labute approximate surface area is 131 Å². The van der Waals surface area contributed by atoms with Crippen molar-refractivity contribution in [1.82, 2.24) is 0 Å². The first-order valence-electron chi connectivity index (χ1n) is 5.74. The van der Waals surface area contributed by atoms with Gasteiger partial charge in [0.1, 0.15) is 5.82 Å². The number of nitrogens with one attached hydrogen (secondary N) is 1. The standard InChI is InChI=1S/C13H11Cl2FN2O2S/c1-7-11(16)5-9(17)6-13(7)21(19,20)18-12-4-8(14)2-3-10(12)15/h2-6,18H,17H2,1H3. The fraction of sp³-hybridized carbons (Fsp3) is 0.0769. The topological polar surface area (TPSA) is 72.2 Å². The second-order valence-electron chi connectivity index (χ2n) is 4.36. The Kier molecular flexibility index (Phi) is 4.32. The Hall–Kier alpha value is -1.50. The molecule has 0 aromatic heterocycles. The van der Waals surface area contributed by atoms with Crippen LogP contribution in [-0.4, -0.2) is 8.42 Å². The van der Waals surface area contributed by atoms with Crippen molar-refractivity contribution < 1.29 is 12.8 Å². The number of nitrogen functional groups attached to an aromatic ring is 1. The molecule has 21 heavy (non-hydrogen) atoms. The third-order valence-corrected chi connectivity index (χ3v) is 4.84. The Morgan fingerprint density at radius 3 is 2.52 bits per heavy atom. The molecule has 0 unspecified atom stereocenters. The maximum atomic E-state index is 13.6. The van der Waals surface area contributed by atoms with Crippen molar-refractivity contribution in [2.24, 2.45) is 0 Å². The van der Waals surface area contributed by atoms with E-state index in [4.69, 9.17) is 28.9 Å². The summed E-state index contributed by atoms with van der Waals surface area (Å²) in [7, 11) is -4.04. The maximum Gasteiger partial charge on any atom is 0.262 e. The minimum atomic E-state index is -4.04. The largest absolute Gasteiger partial charge is 0.399 e. The number of sulfonamides is 1. The molecule has 8 heteroatoms. The average Bonchev–Trinajstić information content (AvgIpc) is 2.37. The number of rotatable bonds is 3. The van der Waals surface area contributed by atoms with Crippen molar-refractivity contribution in [3.63, 3.8) is 0 Å². The van der Waals surface area contributed by atoms with Gasteiger partial charge in [-0.05, 0) is 37.3 Å². The molecule has 2 rings (SSSR count). The normalized spacial score (nSPS) is 11.4. The van der Waals surface area contributed by atoms with E-state index in [1.165, 1.54) is 31.2 Å². The average molecular weight is 349 g/mol. The van der Waals surface area contributed by atoms with Crippen LogP contribution in [0.15, 0.2) is 35.2 Å². The Morgan fingerprint density at radius 2 is 1.86 bits per heavy atom. The van der Waals surface area contributed by atoms with Gasteiger partial charge in [0.15, 0.2) is 0 Å². The quantitative estimate of drug-likeness (QED) is 0.828. The SMILES string of the molecule is Cc1c(F)cc(N)cc1S(=O)(=O)Nc1cc(Cl)ccc1Cl. The van der Waals surface area contributed by atoms with Crippen LogP contribution in [-0.2, 0) is 10.0 Å². The summed E-state index contributed by atoms with van der Waals surface area (Å²) in [5, 5.41) is 0.484. The van der Waals surface area contributed by atoms with Gasteiger partial charge in [-0.25, -0.2) is 12.8 Å². The summed E-state index contributed by atoms with van der Waals surface area (Å²) in [6, 6.07) is 6.57.